The molecule has 0 heterocycles. The Kier molecular flexibility index (Phi) is 3.30. The predicted molar refractivity (Wildman–Crippen MR) is 50.3 cm³/mol. The third-order valence-corrected chi connectivity index (χ3v) is 3.77. The number of carbonyl (C=O) groups is 2. The molecule has 1 aliphatic carbocycles. The van der Waals surface area contributed by atoms with Crippen molar-refractivity contribution in [2.45, 2.75) is 30.6 Å². The summed E-state index contributed by atoms with van der Waals surface area (Å²) in [5.74, 6) is -2.22. The van der Waals surface area contributed by atoms with Crippen molar-refractivity contribution in [3.63, 3.8) is 0 Å². The van der Waals surface area contributed by atoms with Gasteiger partial charge in [0.2, 0.25) is 10.0 Å². The molecule has 86 valence electrons. The third kappa shape index (κ3) is 3.48. The second-order valence-electron chi connectivity index (χ2n) is 3.42. The third-order valence-electron chi connectivity index (χ3n) is 1.94. The molecule has 4 N–H and O–H groups in total. The molecule has 8 heteroatoms. The molecule has 0 aromatic rings. The van der Waals surface area contributed by atoms with Crippen molar-refractivity contribution < 1.29 is 23.1 Å². The maximum atomic E-state index is 11.3. The Labute approximate surface area is 86.7 Å². The van der Waals surface area contributed by atoms with E-state index in [4.69, 9.17) is 10.8 Å². The summed E-state index contributed by atoms with van der Waals surface area (Å²) in [6.07, 6.45) is 0.458. The standard InChI is InChI=1S/C7H12N2O5S/c8-5(3-6(10)11)7(12)9-15(13,14)4-1-2-4/h4-5H,1-3,8H2,(H,9,12)(H,10,11). The molecule has 1 rings (SSSR count). The number of aliphatic carboxylic acids is 1. The quantitative estimate of drug-likeness (QED) is 0.527. The van der Waals surface area contributed by atoms with Crippen LogP contribution in [-0.2, 0) is 19.6 Å². The van der Waals surface area contributed by atoms with E-state index in [1.54, 1.807) is 4.72 Å². The Morgan fingerprint density at radius 1 is 1.47 bits per heavy atom. The molecule has 0 aromatic heterocycles. The van der Waals surface area contributed by atoms with Gasteiger partial charge in [0, 0.05) is 0 Å². The van der Waals surface area contributed by atoms with Gasteiger partial charge in [0.15, 0.2) is 0 Å². The second kappa shape index (κ2) is 4.15. The van der Waals surface area contributed by atoms with Crippen LogP contribution in [0.1, 0.15) is 19.3 Å². The smallest absolute Gasteiger partial charge is 0.305 e. The van der Waals surface area contributed by atoms with Gasteiger partial charge in [-0.25, -0.2) is 8.42 Å². The molecule has 1 aliphatic rings. The van der Waals surface area contributed by atoms with Gasteiger partial charge in [0.25, 0.3) is 5.91 Å². The fraction of sp³-hybridized carbons (Fsp3) is 0.714. The van der Waals surface area contributed by atoms with Crippen LogP contribution in [0, 0.1) is 0 Å². The van der Waals surface area contributed by atoms with E-state index >= 15 is 0 Å². The number of rotatable bonds is 5. The molecule has 1 saturated carbocycles. The van der Waals surface area contributed by atoms with E-state index in [9.17, 15) is 18.0 Å². The van der Waals surface area contributed by atoms with Crippen molar-refractivity contribution in [1.29, 1.82) is 0 Å². The number of carboxylic acids is 1. The largest absolute Gasteiger partial charge is 0.481 e. The highest BCUT2D eigenvalue weighted by molar-refractivity contribution is 7.90. The average molecular weight is 236 g/mol. The molecule has 1 atom stereocenters. The van der Waals surface area contributed by atoms with Crippen molar-refractivity contribution >= 4 is 21.9 Å². The van der Waals surface area contributed by atoms with Crippen LogP contribution < -0.4 is 10.5 Å². The first-order valence-electron chi connectivity index (χ1n) is 4.36. The Bertz CT molecular complexity index is 373. The Hall–Kier alpha value is -1.15. The molecule has 15 heavy (non-hydrogen) atoms. The SMILES string of the molecule is NC(CC(=O)O)C(=O)NS(=O)(=O)C1CC1. The number of amides is 1. The van der Waals surface area contributed by atoms with Crippen molar-refractivity contribution in [2.24, 2.45) is 5.73 Å². The van der Waals surface area contributed by atoms with Crippen LogP contribution in [0.2, 0.25) is 0 Å². The van der Waals surface area contributed by atoms with Gasteiger partial charge < -0.3 is 10.8 Å². The van der Waals surface area contributed by atoms with Gasteiger partial charge in [0.1, 0.15) is 0 Å². The fourth-order valence-corrected chi connectivity index (χ4v) is 2.31. The molecule has 0 aromatic carbocycles. The molecule has 7 nitrogen and oxygen atoms in total. The zero-order chi connectivity index (χ0) is 11.6. The summed E-state index contributed by atoms with van der Waals surface area (Å²) >= 11 is 0. The van der Waals surface area contributed by atoms with Crippen molar-refractivity contribution in [3.05, 3.63) is 0 Å². The summed E-state index contributed by atoms with van der Waals surface area (Å²) in [6, 6.07) is -1.34. The van der Waals surface area contributed by atoms with E-state index in [2.05, 4.69) is 0 Å². The minimum absolute atomic E-state index is 0.525. The number of carboxylic acid groups (broad SMARTS) is 1. The lowest BCUT2D eigenvalue weighted by Gasteiger charge is -2.09. The van der Waals surface area contributed by atoms with Crippen LogP contribution in [0.4, 0.5) is 0 Å². The van der Waals surface area contributed by atoms with Crippen LogP contribution in [0.3, 0.4) is 0 Å². The lowest BCUT2D eigenvalue weighted by molar-refractivity contribution is -0.139. The van der Waals surface area contributed by atoms with Crippen molar-refractivity contribution in [3.8, 4) is 0 Å². The zero-order valence-electron chi connectivity index (χ0n) is 7.84. The van der Waals surface area contributed by atoms with Gasteiger partial charge >= 0.3 is 5.97 Å². The van der Waals surface area contributed by atoms with Crippen molar-refractivity contribution in [1.82, 2.24) is 4.72 Å². The number of sulfonamides is 1. The highest BCUT2D eigenvalue weighted by Gasteiger charge is 2.37. The van der Waals surface area contributed by atoms with E-state index in [0.29, 0.717) is 12.8 Å². The van der Waals surface area contributed by atoms with E-state index in [0.717, 1.165) is 0 Å². The van der Waals surface area contributed by atoms with E-state index in [-0.39, 0.29) is 0 Å². The summed E-state index contributed by atoms with van der Waals surface area (Å²) in [4.78, 5) is 21.4. The molecule has 0 aliphatic heterocycles. The second-order valence-corrected chi connectivity index (χ2v) is 5.38. The van der Waals surface area contributed by atoms with Gasteiger partial charge in [-0.1, -0.05) is 0 Å². The minimum atomic E-state index is -3.64. The van der Waals surface area contributed by atoms with Crippen LogP contribution in [-0.4, -0.2) is 36.7 Å². The van der Waals surface area contributed by atoms with Crippen LogP contribution >= 0.6 is 0 Å². The van der Waals surface area contributed by atoms with Gasteiger partial charge in [-0.15, -0.1) is 0 Å². The predicted octanol–water partition coefficient (Wildman–Crippen LogP) is -1.60. The summed E-state index contributed by atoms with van der Waals surface area (Å²) in [7, 11) is -3.64. The van der Waals surface area contributed by atoms with Crippen LogP contribution in [0.5, 0.6) is 0 Å². The Morgan fingerprint density at radius 3 is 2.40 bits per heavy atom. The first kappa shape index (κ1) is 11.9. The minimum Gasteiger partial charge on any atom is -0.481 e. The van der Waals surface area contributed by atoms with E-state index < -0.39 is 39.6 Å². The summed E-state index contributed by atoms with van der Waals surface area (Å²) < 4.78 is 24.3. The Balaban J connectivity index is 2.51. The van der Waals surface area contributed by atoms with E-state index in [1.165, 1.54) is 0 Å². The van der Waals surface area contributed by atoms with Gasteiger partial charge in [-0.3, -0.25) is 14.3 Å². The van der Waals surface area contributed by atoms with Gasteiger partial charge in [-0.05, 0) is 12.8 Å². The number of carbonyl (C=O) groups excluding carboxylic acids is 1. The zero-order valence-corrected chi connectivity index (χ0v) is 8.66. The number of hydrogen-bond donors (Lipinski definition) is 3. The monoisotopic (exact) mass is 236 g/mol. The lowest BCUT2D eigenvalue weighted by atomic mass is 10.2. The normalized spacial score (nSPS) is 18.2. The van der Waals surface area contributed by atoms with Crippen molar-refractivity contribution in [2.75, 3.05) is 0 Å². The average Bonchev–Trinajstić information content (AvgIpc) is 2.83. The fourth-order valence-electron chi connectivity index (χ4n) is 0.958. The summed E-state index contributed by atoms with van der Waals surface area (Å²) in [6.45, 7) is 0. The molecule has 0 saturated heterocycles. The molecule has 1 fully saturated rings. The summed E-state index contributed by atoms with van der Waals surface area (Å²) in [5.41, 5.74) is 5.19. The highest BCUT2D eigenvalue weighted by atomic mass is 32.2. The number of nitrogens with two attached hydrogens (primary N) is 1. The maximum Gasteiger partial charge on any atom is 0.305 e. The van der Waals surface area contributed by atoms with E-state index in [1.807, 2.05) is 0 Å². The number of hydrogen-bond acceptors (Lipinski definition) is 5. The molecule has 0 spiro atoms. The first-order valence-corrected chi connectivity index (χ1v) is 5.90. The van der Waals surface area contributed by atoms with Crippen LogP contribution in [0.15, 0.2) is 0 Å². The topological polar surface area (TPSA) is 127 Å². The van der Waals surface area contributed by atoms with Gasteiger partial charge in [0.05, 0.1) is 17.7 Å². The maximum absolute atomic E-state index is 11.3. The number of nitrogens with one attached hydrogen (secondary N) is 1. The molecule has 1 unspecified atom stereocenters. The first-order chi connectivity index (χ1) is 6.83. The van der Waals surface area contributed by atoms with Crippen LogP contribution in [0.25, 0.3) is 0 Å². The van der Waals surface area contributed by atoms with Gasteiger partial charge in [-0.2, -0.15) is 0 Å². The Morgan fingerprint density at radius 2 is 2.00 bits per heavy atom. The molecular formula is C7H12N2O5S. The molecular weight excluding hydrogens is 224 g/mol. The summed E-state index contributed by atoms with van der Waals surface area (Å²) in [5, 5.41) is 7.81. The molecule has 0 bridgehead atoms. The molecule has 1 amide bonds. The highest BCUT2D eigenvalue weighted by Crippen LogP contribution is 2.27. The lowest BCUT2D eigenvalue weighted by Crippen LogP contribution is -2.45. The molecule has 0 radical (unpaired) electrons.